The van der Waals surface area contributed by atoms with Crippen LogP contribution in [-0.2, 0) is 14.4 Å². The summed E-state index contributed by atoms with van der Waals surface area (Å²) < 4.78 is 0. The third-order valence-electron chi connectivity index (χ3n) is 5.45. The largest absolute Gasteiger partial charge is 0.343 e. The Hall–Kier alpha value is -3.62. The molecule has 2 aromatic carbocycles. The summed E-state index contributed by atoms with van der Waals surface area (Å²) in [6.07, 6.45) is 7.96. The van der Waals surface area contributed by atoms with Gasteiger partial charge in [-0.05, 0) is 46.7 Å². The Labute approximate surface area is 223 Å². The van der Waals surface area contributed by atoms with Crippen LogP contribution in [0.2, 0.25) is 0 Å². The van der Waals surface area contributed by atoms with E-state index in [0.29, 0.717) is 0 Å². The third kappa shape index (κ3) is 10.5. The fourth-order valence-electron chi connectivity index (χ4n) is 3.37. The maximum atomic E-state index is 12.5. The Kier molecular flexibility index (Phi) is 12.4. The maximum absolute atomic E-state index is 12.5. The molecule has 8 heteroatoms. The number of hydrogen-bond acceptors (Lipinski definition) is 5. The number of carbonyl (C=O) groups is 3. The topological polar surface area (TPSA) is 113 Å². The number of rotatable bonds is 7. The van der Waals surface area contributed by atoms with Crippen LogP contribution in [0, 0.1) is 6.92 Å². The molecule has 0 aromatic heterocycles. The maximum Gasteiger partial charge on any atom is 0.244 e. The van der Waals surface area contributed by atoms with Gasteiger partial charge >= 0.3 is 0 Å². The molecule has 0 saturated carbocycles. The van der Waals surface area contributed by atoms with E-state index in [1.165, 1.54) is 23.3 Å². The van der Waals surface area contributed by atoms with Crippen molar-refractivity contribution in [1.82, 2.24) is 16.0 Å². The molecule has 0 fully saturated rings. The van der Waals surface area contributed by atoms with Gasteiger partial charge in [-0.2, -0.15) is 0 Å². The van der Waals surface area contributed by atoms with Crippen LogP contribution >= 0.6 is 11.8 Å². The zero-order chi connectivity index (χ0) is 27.2. The van der Waals surface area contributed by atoms with E-state index in [2.05, 4.69) is 71.9 Å². The van der Waals surface area contributed by atoms with Crippen molar-refractivity contribution in [3.63, 3.8) is 0 Å². The van der Waals surface area contributed by atoms with Gasteiger partial charge in [0.05, 0.1) is 12.7 Å². The van der Waals surface area contributed by atoms with Crippen molar-refractivity contribution in [2.24, 2.45) is 5.73 Å². The van der Waals surface area contributed by atoms with Gasteiger partial charge in [0.15, 0.2) is 0 Å². The summed E-state index contributed by atoms with van der Waals surface area (Å²) in [4.78, 5) is 35.4. The second-order valence-corrected chi connectivity index (χ2v) is 9.49. The van der Waals surface area contributed by atoms with Gasteiger partial charge in [0, 0.05) is 19.1 Å². The van der Waals surface area contributed by atoms with Gasteiger partial charge in [0.25, 0.3) is 0 Å². The molecule has 7 nitrogen and oxygen atoms in total. The Morgan fingerprint density at radius 1 is 1.05 bits per heavy atom. The van der Waals surface area contributed by atoms with Crippen LogP contribution < -0.4 is 21.7 Å². The molecule has 2 atom stereocenters. The number of carbonyl (C=O) groups excluding carboxylic acids is 3. The number of aryl methyl sites for hydroxylation is 1. The van der Waals surface area contributed by atoms with Gasteiger partial charge in [-0.25, -0.2) is 0 Å². The van der Waals surface area contributed by atoms with Crippen LogP contribution in [0.4, 0.5) is 0 Å². The van der Waals surface area contributed by atoms with Crippen LogP contribution in [0.15, 0.2) is 89.9 Å². The summed E-state index contributed by atoms with van der Waals surface area (Å²) in [6.45, 7) is 9.05. The molecule has 0 aliphatic carbocycles. The van der Waals surface area contributed by atoms with Crippen LogP contribution in [0.1, 0.15) is 25.8 Å². The van der Waals surface area contributed by atoms with Crippen molar-refractivity contribution in [2.75, 3.05) is 12.4 Å². The van der Waals surface area contributed by atoms with E-state index in [4.69, 9.17) is 5.73 Å². The Morgan fingerprint density at radius 3 is 2.49 bits per heavy atom. The van der Waals surface area contributed by atoms with Gasteiger partial charge < -0.3 is 21.7 Å². The molecule has 0 saturated heterocycles. The average molecular weight is 521 g/mol. The number of fused-ring (bicyclic) bond motifs is 1. The van der Waals surface area contributed by atoms with E-state index in [-0.39, 0.29) is 19.0 Å². The third-order valence-corrected chi connectivity index (χ3v) is 6.29. The molecule has 0 radical (unpaired) electrons. The highest BCUT2D eigenvalue weighted by molar-refractivity contribution is 8.02. The first-order valence-electron chi connectivity index (χ1n) is 12.0. The van der Waals surface area contributed by atoms with Crippen LogP contribution in [0.3, 0.4) is 0 Å². The molecular formula is C29H36N4O3S. The first-order valence-corrected chi connectivity index (χ1v) is 13.1. The normalized spacial score (nSPS) is 17.7. The summed E-state index contributed by atoms with van der Waals surface area (Å²) in [5.74, 6) is -0.299. The minimum Gasteiger partial charge on any atom is -0.343 e. The molecule has 1 heterocycles. The fraction of sp³-hybridized carbons (Fsp3) is 0.276. The van der Waals surface area contributed by atoms with Gasteiger partial charge in [-0.15, -0.1) is 11.8 Å². The zero-order valence-corrected chi connectivity index (χ0v) is 22.4. The lowest BCUT2D eigenvalue weighted by atomic mass is 9.99. The molecule has 1 aliphatic rings. The van der Waals surface area contributed by atoms with Crippen molar-refractivity contribution in [3.8, 4) is 0 Å². The number of nitrogens with one attached hydrogen (secondary N) is 3. The molecule has 5 N–H and O–H groups in total. The highest BCUT2D eigenvalue weighted by Crippen LogP contribution is 2.22. The van der Waals surface area contributed by atoms with Gasteiger partial charge in [-0.3, -0.25) is 14.4 Å². The first kappa shape index (κ1) is 29.6. The first-order chi connectivity index (χ1) is 17.7. The Balaban J connectivity index is 0.000000358. The summed E-state index contributed by atoms with van der Waals surface area (Å²) >= 11 is 1.58. The standard InChI is InChI=1S/C18H26N4O3S.C11H10/c1-12-7-5-4-6-8-26-10-15(12)9-16(22-17(24)13(2)19)18(25)21-11-20-14(3)23;1-9-5-4-7-10-6-2-3-8-11(9)10/h4-7,10,13,16H,1,8-9,11,19H2,2-3H3,(H,20,23)(H,21,25)(H,22,24);2-8H,1H3/b6-4-,7-5-,15-10-;/t13?,16-;/m1./s1. The summed E-state index contributed by atoms with van der Waals surface area (Å²) in [5, 5.41) is 12.3. The Bertz CT molecular complexity index is 1200. The molecular weight excluding hydrogens is 484 g/mol. The molecule has 2 aromatic rings. The highest BCUT2D eigenvalue weighted by atomic mass is 32.2. The van der Waals surface area contributed by atoms with E-state index >= 15 is 0 Å². The second-order valence-electron chi connectivity index (χ2n) is 8.59. The predicted octanol–water partition coefficient (Wildman–Crippen LogP) is 3.87. The predicted molar refractivity (Wildman–Crippen MR) is 154 cm³/mol. The smallest absolute Gasteiger partial charge is 0.244 e. The Morgan fingerprint density at radius 2 is 1.78 bits per heavy atom. The lowest BCUT2D eigenvalue weighted by Crippen LogP contribution is -2.52. The number of hydrogen-bond donors (Lipinski definition) is 4. The van der Waals surface area contributed by atoms with Crippen molar-refractivity contribution in [3.05, 3.63) is 95.5 Å². The molecule has 1 aliphatic heterocycles. The van der Waals surface area contributed by atoms with Gasteiger partial charge in [0.1, 0.15) is 6.04 Å². The molecule has 3 rings (SSSR count). The van der Waals surface area contributed by atoms with Crippen LogP contribution in [0.5, 0.6) is 0 Å². The quantitative estimate of drug-likeness (QED) is 0.414. The molecule has 196 valence electrons. The molecule has 0 spiro atoms. The SMILES string of the molecule is C=C1/C=C\C=C/CS/C=C\1C[C@@H](NC(=O)C(C)N)C(=O)NCNC(C)=O.Cc1cccc2ccccc12. The zero-order valence-electron chi connectivity index (χ0n) is 21.6. The monoisotopic (exact) mass is 520 g/mol. The van der Waals surface area contributed by atoms with E-state index in [1.54, 1.807) is 18.7 Å². The number of benzene rings is 2. The van der Waals surface area contributed by atoms with Crippen molar-refractivity contribution < 1.29 is 14.4 Å². The van der Waals surface area contributed by atoms with E-state index in [0.717, 1.165) is 16.9 Å². The number of allylic oxidation sites excluding steroid dienone is 4. The van der Waals surface area contributed by atoms with E-state index in [1.807, 2.05) is 29.7 Å². The fourth-order valence-corrected chi connectivity index (χ4v) is 4.14. The minimum atomic E-state index is -0.826. The summed E-state index contributed by atoms with van der Waals surface area (Å²) in [7, 11) is 0. The lowest BCUT2D eigenvalue weighted by Gasteiger charge is -2.21. The van der Waals surface area contributed by atoms with Crippen LogP contribution in [-0.4, -0.2) is 42.2 Å². The average Bonchev–Trinajstić information content (AvgIpc) is 2.96. The van der Waals surface area contributed by atoms with Gasteiger partial charge in [-0.1, -0.05) is 73.3 Å². The molecule has 3 amide bonds. The highest BCUT2D eigenvalue weighted by Gasteiger charge is 2.24. The number of amides is 3. The molecule has 1 unspecified atom stereocenters. The van der Waals surface area contributed by atoms with Crippen molar-refractivity contribution >= 4 is 40.3 Å². The molecule has 0 bridgehead atoms. The number of nitrogens with two attached hydrogens (primary N) is 1. The second kappa shape index (κ2) is 15.5. The van der Waals surface area contributed by atoms with E-state index < -0.39 is 23.9 Å². The number of thioether (sulfide) groups is 1. The van der Waals surface area contributed by atoms with Crippen molar-refractivity contribution in [2.45, 2.75) is 39.3 Å². The summed E-state index contributed by atoms with van der Waals surface area (Å²) in [6, 6.07) is 13.3. The van der Waals surface area contributed by atoms with Gasteiger partial charge in [0.2, 0.25) is 17.7 Å². The minimum absolute atomic E-state index is 0.0166. The summed E-state index contributed by atoms with van der Waals surface area (Å²) in [5.41, 5.74) is 8.55. The lowest BCUT2D eigenvalue weighted by molar-refractivity contribution is -0.129. The van der Waals surface area contributed by atoms with E-state index in [9.17, 15) is 14.4 Å². The molecule has 37 heavy (non-hydrogen) atoms. The van der Waals surface area contributed by atoms with Crippen molar-refractivity contribution in [1.29, 1.82) is 0 Å². The van der Waals surface area contributed by atoms with Crippen LogP contribution in [0.25, 0.3) is 10.8 Å².